The average molecular weight is 196 g/mol. The summed E-state index contributed by atoms with van der Waals surface area (Å²) in [5.74, 6) is 0. The van der Waals surface area contributed by atoms with Crippen LogP contribution in [0.4, 0.5) is 0 Å². The van der Waals surface area contributed by atoms with E-state index in [9.17, 15) is 0 Å². The molecule has 1 aromatic rings. The Hall–Kier alpha value is -0.790. The minimum Gasteiger partial charge on any atom is -0.324 e. The molecule has 0 saturated heterocycles. The first kappa shape index (κ1) is 10.3. The summed E-state index contributed by atoms with van der Waals surface area (Å²) in [5, 5.41) is 0.745. The molecule has 0 aliphatic carbocycles. The molecule has 0 heterocycles. The Bertz CT molecular complexity index is 287. The van der Waals surface area contributed by atoms with Crippen molar-refractivity contribution in [2.24, 2.45) is 5.73 Å². The van der Waals surface area contributed by atoms with Crippen molar-refractivity contribution < 1.29 is 0 Å². The van der Waals surface area contributed by atoms with Gasteiger partial charge in [-0.3, -0.25) is 0 Å². The van der Waals surface area contributed by atoms with Crippen molar-refractivity contribution in [3.63, 3.8) is 0 Å². The van der Waals surface area contributed by atoms with E-state index in [4.69, 9.17) is 17.3 Å². The van der Waals surface area contributed by atoms with Crippen LogP contribution >= 0.6 is 11.6 Å². The molecule has 1 unspecified atom stereocenters. The van der Waals surface area contributed by atoms with E-state index in [-0.39, 0.29) is 6.04 Å². The third-order valence-electron chi connectivity index (χ3n) is 1.91. The summed E-state index contributed by atoms with van der Waals surface area (Å²) < 4.78 is 0. The molecule has 0 spiro atoms. The van der Waals surface area contributed by atoms with Gasteiger partial charge in [0.1, 0.15) is 0 Å². The zero-order chi connectivity index (χ0) is 9.84. The molecule has 0 bridgehead atoms. The first-order valence-electron chi connectivity index (χ1n) is 4.27. The van der Waals surface area contributed by atoms with Crippen LogP contribution in [0.25, 0.3) is 0 Å². The molecule has 0 amide bonds. The highest BCUT2D eigenvalue weighted by atomic mass is 35.5. The predicted molar refractivity (Wildman–Crippen MR) is 57.9 cm³/mol. The second kappa shape index (κ2) is 4.45. The lowest BCUT2D eigenvalue weighted by Crippen LogP contribution is -2.09. The van der Waals surface area contributed by atoms with Gasteiger partial charge in [0.25, 0.3) is 0 Å². The highest BCUT2D eigenvalue weighted by Gasteiger charge is 2.04. The van der Waals surface area contributed by atoms with Gasteiger partial charge in [-0.05, 0) is 36.6 Å². The number of nitrogens with two attached hydrogens (primary N) is 1. The van der Waals surface area contributed by atoms with Gasteiger partial charge in [0, 0.05) is 11.1 Å². The Labute approximate surface area is 84.2 Å². The molecule has 13 heavy (non-hydrogen) atoms. The highest BCUT2D eigenvalue weighted by molar-refractivity contribution is 6.30. The van der Waals surface area contributed by atoms with Crippen molar-refractivity contribution in [1.29, 1.82) is 0 Å². The maximum absolute atomic E-state index is 5.91. The van der Waals surface area contributed by atoms with Gasteiger partial charge in [-0.2, -0.15) is 0 Å². The van der Waals surface area contributed by atoms with Gasteiger partial charge < -0.3 is 5.73 Å². The molecule has 70 valence electrons. The molecule has 0 aliphatic heterocycles. The predicted octanol–water partition coefficient (Wildman–Crippen LogP) is 3.22. The van der Waals surface area contributed by atoms with E-state index in [0.29, 0.717) is 0 Å². The van der Waals surface area contributed by atoms with Crippen molar-refractivity contribution in [3.8, 4) is 0 Å². The van der Waals surface area contributed by atoms with Gasteiger partial charge in [-0.15, -0.1) is 6.58 Å². The summed E-state index contributed by atoms with van der Waals surface area (Å²) in [4.78, 5) is 0. The number of hydrogen-bond donors (Lipinski definition) is 1. The largest absolute Gasteiger partial charge is 0.324 e. The molecule has 0 fully saturated rings. The molecule has 1 aromatic carbocycles. The number of rotatable bonds is 3. The van der Waals surface area contributed by atoms with Crippen LogP contribution in [0, 0.1) is 6.92 Å². The van der Waals surface area contributed by atoms with Crippen molar-refractivity contribution >= 4 is 11.6 Å². The normalized spacial score (nSPS) is 12.5. The number of aryl methyl sites for hydroxylation is 1. The Kier molecular flexibility index (Phi) is 3.52. The first-order valence-corrected chi connectivity index (χ1v) is 4.65. The maximum atomic E-state index is 5.91. The topological polar surface area (TPSA) is 26.0 Å². The van der Waals surface area contributed by atoms with Gasteiger partial charge in [0.05, 0.1) is 0 Å². The molecule has 0 radical (unpaired) electrons. The van der Waals surface area contributed by atoms with Crippen LogP contribution in [0.2, 0.25) is 5.02 Å². The van der Waals surface area contributed by atoms with E-state index >= 15 is 0 Å². The standard InChI is InChI=1S/C11H14ClN/c1-3-4-11(13)9-5-8(2)6-10(12)7-9/h3,5-7,11H,1,4,13H2,2H3. The summed E-state index contributed by atoms with van der Waals surface area (Å²) in [5.41, 5.74) is 8.13. The van der Waals surface area contributed by atoms with Crippen LogP contribution in [0.15, 0.2) is 30.9 Å². The smallest absolute Gasteiger partial charge is 0.0411 e. The summed E-state index contributed by atoms with van der Waals surface area (Å²) in [7, 11) is 0. The Morgan fingerprint density at radius 3 is 2.77 bits per heavy atom. The lowest BCUT2D eigenvalue weighted by molar-refractivity contribution is 0.741. The van der Waals surface area contributed by atoms with Crippen LogP contribution in [0.5, 0.6) is 0 Å². The van der Waals surface area contributed by atoms with Crippen LogP contribution < -0.4 is 5.73 Å². The van der Waals surface area contributed by atoms with Crippen LogP contribution in [0.3, 0.4) is 0 Å². The van der Waals surface area contributed by atoms with Crippen LogP contribution in [-0.4, -0.2) is 0 Å². The van der Waals surface area contributed by atoms with E-state index in [2.05, 4.69) is 12.6 Å². The summed E-state index contributed by atoms with van der Waals surface area (Å²) in [6.45, 7) is 5.67. The minimum atomic E-state index is 0.00917. The lowest BCUT2D eigenvalue weighted by Gasteiger charge is -2.10. The minimum absolute atomic E-state index is 0.00917. The fraction of sp³-hybridized carbons (Fsp3) is 0.273. The Morgan fingerprint density at radius 1 is 1.54 bits per heavy atom. The molecule has 0 aliphatic rings. The maximum Gasteiger partial charge on any atom is 0.0411 e. The Morgan fingerprint density at radius 2 is 2.23 bits per heavy atom. The van der Waals surface area contributed by atoms with E-state index in [1.165, 1.54) is 0 Å². The van der Waals surface area contributed by atoms with Crippen molar-refractivity contribution in [1.82, 2.24) is 0 Å². The SMILES string of the molecule is C=CCC(N)c1cc(C)cc(Cl)c1. The van der Waals surface area contributed by atoms with E-state index in [1.54, 1.807) is 0 Å². The fourth-order valence-electron chi connectivity index (χ4n) is 1.29. The quantitative estimate of drug-likeness (QED) is 0.737. The van der Waals surface area contributed by atoms with Crippen LogP contribution in [-0.2, 0) is 0 Å². The Balaban J connectivity index is 2.93. The lowest BCUT2D eigenvalue weighted by atomic mass is 10.0. The van der Waals surface area contributed by atoms with Crippen LogP contribution in [0.1, 0.15) is 23.6 Å². The molecule has 0 aromatic heterocycles. The number of benzene rings is 1. The zero-order valence-electron chi connectivity index (χ0n) is 7.76. The summed E-state index contributed by atoms with van der Waals surface area (Å²) in [6.07, 6.45) is 2.60. The molecule has 2 N–H and O–H groups in total. The van der Waals surface area contributed by atoms with E-state index in [1.807, 2.05) is 25.1 Å². The monoisotopic (exact) mass is 195 g/mol. The summed E-state index contributed by atoms with van der Waals surface area (Å²) in [6, 6.07) is 5.89. The van der Waals surface area contributed by atoms with Gasteiger partial charge >= 0.3 is 0 Å². The highest BCUT2D eigenvalue weighted by Crippen LogP contribution is 2.20. The number of halogens is 1. The van der Waals surface area contributed by atoms with Gasteiger partial charge in [0.15, 0.2) is 0 Å². The number of hydrogen-bond acceptors (Lipinski definition) is 1. The van der Waals surface area contributed by atoms with E-state index in [0.717, 1.165) is 22.6 Å². The molecule has 0 saturated carbocycles. The van der Waals surface area contributed by atoms with Gasteiger partial charge in [-0.25, -0.2) is 0 Å². The summed E-state index contributed by atoms with van der Waals surface area (Å²) >= 11 is 5.91. The molecule has 1 nitrogen and oxygen atoms in total. The second-order valence-electron chi connectivity index (χ2n) is 3.19. The first-order chi connectivity index (χ1) is 6.13. The molecule has 1 rings (SSSR count). The molecule has 2 heteroatoms. The zero-order valence-corrected chi connectivity index (χ0v) is 8.51. The van der Waals surface area contributed by atoms with Crippen molar-refractivity contribution in [3.05, 3.63) is 47.0 Å². The second-order valence-corrected chi connectivity index (χ2v) is 3.63. The van der Waals surface area contributed by atoms with Crippen molar-refractivity contribution in [2.75, 3.05) is 0 Å². The molecule has 1 atom stereocenters. The average Bonchev–Trinajstić information content (AvgIpc) is 2.03. The van der Waals surface area contributed by atoms with Gasteiger partial charge in [-0.1, -0.05) is 23.7 Å². The van der Waals surface area contributed by atoms with Gasteiger partial charge in [0.2, 0.25) is 0 Å². The van der Waals surface area contributed by atoms with E-state index < -0.39 is 0 Å². The third kappa shape index (κ3) is 2.87. The fourth-order valence-corrected chi connectivity index (χ4v) is 1.59. The third-order valence-corrected chi connectivity index (χ3v) is 2.13. The van der Waals surface area contributed by atoms with Crippen molar-refractivity contribution in [2.45, 2.75) is 19.4 Å². The molecular formula is C11H14ClN. The molecular weight excluding hydrogens is 182 g/mol.